The third-order valence-electron chi connectivity index (χ3n) is 7.97. The number of hydrogen-bond donors (Lipinski definition) is 2. The van der Waals surface area contributed by atoms with E-state index in [9.17, 15) is 14.7 Å². The molecule has 3 atom stereocenters. The lowest BCUT2D eigenvalue weighted by Gasteiger charge is -2.32. The van der Waals surface area contributed by atoms with Crippen LogP contribution in [0.1, 0.15) is 62.1 Å². The summed E-state index contributed by atoms with van der Waals surface area (Å²) < 4.78 is 0. The van der Waals surface area contributed by atoms with Crippen LogP contribution in [0.3, 0.4) is 0 Å². The predicted octanol–water partition coefficient (Wildman–Crippen LogP) is 3.88. The van der Waals surface area contributed by atoms with Gasteiger partial charge in [0, 0.05) is 25.7 Å². The highest BCUT2D eigenvalue weighted by Crippen LogP contribution is 2.37. The molecule has 7 nitrogen and oxygen atoms in total. The van der Waals surface area contributed by atoms with Gasteiger partial charge in [0.25, 0.3) is 5.91 Å². The van der Waals surface area contributed by atoms with Crippen LogP contribution >= 0.6 is 0 Å². The first-order valence-corrected chi connectivity index (χ1v) is 13.7. The van der Waals surface area contributed by atoms with Crippen LogP contribution < -0.4 is 10.2 Å². The number of aliphatic hydroxyl groups excluding tert-OH is 1. The first-order valence-electron chi connectivity index (χ1n) is 13.7. The van der Waals surface area contributed by atoms with Crippen LogP contribution in [0.5, 0.6) is 0 Å². The van der Waals surface area contributed by atoms with E-state index < -0.39 is 18.2 Å². The first-order chi connectivity index (χ1) is 18.0. The molecule has 1 fully saturated rings. The number of unbranched alkanes of at least 4 members (excludes halogenated alkanes) is 1. The molecular formula is C30H38N4O3. The van der Waals surface area contributed by atoms with Crippen molar-refractivity contribution in [2.75, 3.05) is 18.5 Å². The van der Waals surface area contributed by atoms with Gasteiger partial charge in [0.1, 0.15) is 5.84 Å². The first kappa shape index (κ1) is 25.5. The Hall–Kier alpha value is -3.19. The Kier molecular flexibility index (Phi) is 7.60. The second-order valence-electron chi connectivity index (χ2n) is 10.7. The Morgan fingerprint density at radius 2 is 1.86 bits per heavy atom. The minimum atomic E-state index is -1.04. The molecule has 1 saturated carbocycles. The van der Waals surface area contributed by atoms with Gasteiger partial charge in [0.15, 0.2) is 0 Å². The lowest BCUT2D eigenvalue weighted by atomic mass is 9.91. The number of anilines is 1. The zero-order valence-electron chi connectivity index (χ0n) is 21.9. The minimum absolute atomic E-state index is 0.276. The molecule has 196 valence electrons. The Labute approximate surface area is 219 Å². The molecule has 2 amide bonds. The van der Waals surface area contributed by atoms with Crippen molar-refractivity contribution >= 4 is 23.3 Å². The minimum Gasteiger partial charge on any atom is -0.392 e. The van der Waals surface area contributed by atoms with E-state index in [0.717, 1.165) is 55.7 Å². The van der Waals surface area contributed by atoms with Crippen LogP contribution in [0.15, 0.2) is 53.5 Å². The van der Waals surface area contributed by atoms with E-state index in [4.69, 9.17) is 4.99 Å². The Balaban J connectivity index is 1.45. The fraction of sp³-hybridized carbons (Fsp3) is 0.500. The van der Waals surface area contributed by atoms with Crippen LogP contribution in [-0.2, 0) is 22.6 Å². The molecule has 1 aliphatic carbocycles. The number of hydrogen-bond acceptors (Lipinski definition) is 5. The average Bonchev–Trinajstić information content (AvgIpc) is 3.76. The van der Waals surface area contributed by atoms with Crippen molar-refractivity contribution < 1.29 is 14.7 Å². The molecule has 37 heavy (non-hydrogen) atoms. The summed E-state index contributed by atoms with van der Waals surface area (Å²) in [6, 6.07) is 16.2. The summed E-state index contributed by atoms with van der Waals surface area (Å²) in [5, 5.41) is 13.8. The van der Waals surface area contributed by atoms with E-state index in [0.29, 0.717) is 25.3 Å². The summed E-state index contributed by atoms with van der Waals surface area (Å²) in [4.78, 5) is 35.9. The van der Waals surface area contributed by atoms with E-state index >= 15 is 0 Å². The van der Waals surface area contributed by atoms with Gasteiger partial charge in [0.05, 0.1) is 17.7 Å². The monoisotopic (exact) mass is 502 g/mol. The summed E-state index contributed by atoms with van der Waals surface area (Å²) >= 11 is 0. The van der Waals surface area contributed by atoms with Crippen molar-refractivity contribution in [2.45, 2.75) is 70.7 Å². The summed E-state index contributed by atoms with van der Waals surface area (Å²) in [5.74, 6) is 0.125. The number of benzodiazepines with no additional fused rings is 1. The molecule has 0 aromatic heterocycles. The van der Waals surface area contributed by atoms with Gasteiger partial charge < -0.3 is 20.2 Å². The second-order valence-corrected chi connectivity index (χ2v) is 10.7. The molecule has 2 heterocycles. The molecule has 7 heteroatoms. The highest BCUT2D eigenvalue weighted by Gasteiger charge is 2.38. The summed E-state index contributed by atoms with van der Waals surface area (Å²) in [7, 11) is 1.74. The fourth-order valence-electron chi connectivity index (χ4n) is 5.53. The van der Waals surface area contributed by atoms with Gasteiger partial charge in [-0.1, -0.05) is 69.0 Å². The number of amidine groups is 1. The largest absolute Gasteiger partial charge is 0.392 e. The van der Waals surface area contributed by atoms with Gasteiger partial charge in [0.2, 0.25) is 12.1 Å². The van der Waals surface area contributed by atoms with Crippen molar-refractivity contribution in [1.82, 2.24) is 10.2 Å². The van der Waals surface area contributed by atoms with Gasteiger partial charge in [-0.25, -0.2) is 4.99 Å². The maximum absolute atomic E-state index is 13.6. The number of amides is 2. The number of nitrogens with one attached hydrogen (secondary N) is 1. The van der Waals surface area contributed by atoms with Gasteiger partial charge in [-0.3, -0.25) is 9.59 Å². The molecule has 0 radical (unpaired) electrons. The average molecular weight is 503 g/mol. The number of benzene rings is 2. The van der Waals surface area contributed by atoms with Crippen molar-refractivity contribution in [3.63, 3.8) is 0 Å². The van der Waals surface area contributed by atoms with Crippen molar-refractivity contribution in [2.24, 2.45) is 16.8 Å². The lowest BCUT2D eigenvalue weighted by Crippen LogP contribution is -2.50. The van der Waals surface area contributed by atoms with E-state index in [2.05, 4.69) is 41.4 Å². The molecule has 1 unspecified atom stereocenters. The Morgan fingerprint density at radius 3 is 2.62 bits per heavy atom. The molecule has 3 aliphatic rings. The normalized spacial score (nSPS) is 20.9. The topological polar surface area (TPSA) is 85.2 Å². The van der Waals surface area contributed by atoms with E-state index in [1.807, 2.05) is 24.3 Å². The SMILES string of the molecule is CCCC[C@H](O)[C@@H](CC1CC1)C(=O)NC1N=C(N2CCc3ccccc3C2)c2ccccc2N(C)C1=O. The molecule has 0 saturated heterocycles. The molecule has 5 rings (SSSR count). The van der Waals surface area contributed by atoms with Crippen molar-refractivity contribution in [3.05, 3.63) is 65.2 Å². The molecule has 2 aromatic carbocycles. The third-order valence-corrected chi connectivity index (χ3v) is 7.97. The Morgan fingerprint density at radius 1 is 1.14 bits per heavy atom. The number of carbonyl (C=O) groups excluding carboxylic acids is 2. The quantitative estimate of drug-likeness (QED) is 0.574. The van der Waals surface area contributed by atoms with Gasteiger partial charge in [-0.2, -0.15) is 0 Å². The third kappa shape index (κ3) is 5.57. The second kappa shape index (κ2) is 11.1. The smallest absolute Gasteiger partial charge is 0.272 e. The van der Waals surface area contributed by atoms with E-state index in [-0.39, 0.29) is 11.8 Å². The van der Waals surface area contributed by atoms with Crippen LogP contribution in [-0.4, -0.2) is 53.5 Å². The number of rotatable bonds is 8. The number of fused-ring (bicyclic) bond motifs is 2. The van der Waals surface area contributed by atoms with Crippen LogP contribution in [0, 0.1) is 11.8 Å². The summed E-state index contributed by atoms with van der Waals surface area (Å²) in [6.45, 7) is 3.56. The number of carbonyl (C=O) groups is 2. The number of para-hydroxylation sites is 1. The van der Waals surface area contributed by atoms with E-state index in [1.165, 1.54) is 11.1 Å². The fourth-order valence-corrected chi connectivity index (χ4v) is 5.53. The van der Waals surface area contributed by atoms with Gasteiger partial charge in [-0.15, -0.1) is 0 Å². The zero-order valence-corrected chi connectivity index (χ0v) is 21.9. The molecule has 2 aromatic rings. The number of aliphatic imine (C=N–C) groups is 1. The number of likely N-dealkylation sites (N-methyl/N-ethyl adjacent to an activating group) is 1. The summed E-state index contributed by atoms with van der Waals surface area (Å²) in [6.07, 6.45) is 4.43. The Bertz CT molecular complexity index is 1170. The van der Waals surface area contributed by atoms with Gasteiger partial charge in [-0.05, 0) is 48.4 Å². The van der Waals surface area contributed by atoms with Crippen LogP contribution in [0.2, 0.25) is 0 Å². The van der Waals surface area contributed by atoms with Crippen LogP contribution in [0.4, 0.5) is 5.69 Å². The van der Waals surface area contributed by atoms with E-state index in [1.54, 1.807) is 11.9 Å². The van der Waals surface area contributed by atoms with Crippen molar-refractivity contribution in [3.8, 4) is 0 Å². The standard InChI is InChI=1S/C30H38N4O3/c1-3-4-13-26(35)24(18-20-14-15-20)29(36)32-27-30(37)33(2)25-12-8-7-11-23(25)28(31-27)34-17-16-21-9-5-6-10-22(21)19-34/h5-12,20,24,26-27,35H,3-4,13-19H2,1-2H3,(H,32,36)/t24-,26+,27?/m1/s1. The molecule has 2 aliphatic heterocycles. The van der Waals surface area contributed by atoms with Crippen LogP contribution in [0.25, 0.3) is 0 Å². The molecule has 2 N–H and O–H groups in total. The highest BCUT2D eigenvalue weighted by molar-refractivity contribution is 6.12. The zero-order chi connectivity index (χ0) is 25.9. The molecular weight excluding hydrogens is 464 g/mol. The maximum atomic E-state index is 13.6. The summed E-state index contributed by atoms with van der Waals surface area (Å²) in [5.41, 5.74) is 4.25. The maximum Gasteiger partial charge on any atom is 0.272 e. The number of nitrogens with zero attached hydrogens (tertiary/aromatic N) is 3. The molecule has 0 bridgehead atoms. The van der Waals surface area contributed by atoms with Crippen molar-refractivity contribution in [1.29, 1.82) is 0 Å². The predicted molar refractivity (Wildman–Crippen MR) is 145 cm³/mol. The number of aliphatic hydroxyl groups is 1. The lowest BCUT2D eigenvalue weighted by molar-refractivity contribution is -0.133. The van der Waals surface area contributed by atoms with Gasteiger partial charge >= 0.3 is 0 Å². The highest BCUT2D eigenvalue weighted by atomic mass is 16.3. The molecule has 0 spiro atoms.